The molecule has 2 rings (SSSR count). The number of carbonyl (C=O) groups is 1. The maximum Gasteiger partial charge on any atom is 0.251 e. The van der Waals surface area contributed by atoms with E-state index in [1.54, 1.807) is 0 Å². The number of hydrogen-bond acceptors (Lipinski definition) is 1. The van der Waals surface area contributed by atoms with E-state index in [4.69, 9.17) is 5.73 Å². The maximum atomic E-state index is 11.5. The molecule has 0 spiro atoms. The zero-order valence-electron chi connectivity index (χ0n) is 9.37. The van der Waals surface area contributed by atoms with Crippen molar-refractivity contribution in [2.75, 3.05) is 0 Å². The van der Waals surface area contributed by atoms with Crippen LogP contribution in [0.15, 0.2) is 29.8 Å². The van der Waals surface area contributed by atoms with Gasteiger partial charge < -0.3 is 10.7 Å². The fraction of sp³-hybridized carbons (Fsp3) is 0.154. The number of fused-ring (bicyclic) bond motifs is 1. The van der Waals surface area contributed by atoms with Gasteiger partial charge in [-0.15, -0.1) is 0 Å². The Labute approximate surface area is 94.0 Å². The van der Waals surface area contributed by atoms with Crippen LogP contribution in [0, 0.1) is 0 Å². The lowest BCUT2D eigenvalue weighted by atomic mass is 10.1. The number of primary amides is 1. The van der Waals surface area contributed by atoms with E-state index in [2.05, 4.69) is 4.98 Å². The summed E-state index contributed by atoms with van der Waals surface area (Å²) in [5, 5.41) is 0.877. The van der Waals surface area contributed by atoms with Crippen LogP contribution in [-0.2, 0) is 0 Å². The molecule has 0 radical (unpaired) electrons. The van der Waals surface area contributed by atoms with Gasteiger partial charge in [-0.2, -0.15) is 0 Å². The summed E-state index contributed by atoms with van der Waals surface area (Å²) in [5.41, 5.74) is 8.82. The first-order valence-corrected chi connectivity index (χ1v) is 5.15. The number of rotatable bonds is 2. The first kappa shape index (κ1) is 10.5. The zero-order chi connectivity index (χ0) is 11.7. The first-order chi connectivity index (χ1) is 7.59. The number of benzene rings is 1. The van der Waals surface area contributed by atoms with Gasteiger partial charge in [0, 0.05) is 10.9 Å². The molecule has 1 amide bonds. The third-order valence-electron chi connectivity index (χ3n) is 2.41. The van der Waals surface area contributed by atoms with Crippen molar-refractivity contribution in [3.63, 3.8) is 0 Å². The van der Waals surface area contributed by atoms with E-state index in [0.29, 0.717) is 5.56 Å². The second-order valence-electron chi connectivity index (χ2n) is 4.05. The number of nitrogens with two attached hydrogens (primary N) is 1. The van der Waals surface area contributed by atoms with Crippen LogP contribution >= 0.6 is 0 Å². The van der Waals surface area contributed by atoms with Gasteiger partial charge in [0.05, 0.1) is 11.3 Å². The molecule has 2 aromatic rings. The second kappa shape index (κ2) is 3.85. The lowest BCUT2D eigenvalue weighted by molar-refractivity contribution is 0.100. The fourth-order valence-corrected chi connectivity index (χ4v) is 1.83. The van der Waals surface area contributed by atoms with Gasteiger partial charge in [-0.1, -0.05) is 23.8 Å². The Bertz CT molecular complexity index is 575. The van der Waals surface area contributed by atoms with E-state index in [-0.39, 0.29) is 0 Å². The fourth-order valence-electron chi connectivity index (χ4n) is 1.83. The zero-order valence-corrected chi connectivity index (χ0v) is 9.37. The van der Waals surface area contributed by atoms with E-state index in [0.717, 1.165) is 22.2 Å². The molecular weight excluding hydrogens is 200 g/mol. The molecule has 0 aliphatic carbocycles. The van der Waals surface area contributed by atoms with Gasteiger partial charge in [0.1, 0.15) is 0 Å². The largest absolute Gasteiger partial charge is 0.366 e. The number of hydrogen-bond donors (Lipinski definition) is 2. The van der Waals surface area contributed by atoms with E-state index >= 15 is 0 Å². The molecular formula is C13H14N2O. The number of H-pyrrole nitrogens is 1. The molecule has 0 atom stereocenters. The van der Waals surface area contributed by atoms with E-state index in [1.807, 2.05) is 44.2 Å². The van der Waals surface area contributed by atoms with Gasteiger partial charge >= 0.3 is 0 Å². The highest BCUT2D eigenvalue weighted by Gasteiger charge is 2.13. The number of allylic oxidation sites excluding steroid dienone is 1. The number of nitrogens with one attached hydrogen (secondary N) is 1. The Kier molecular flexibility index (Phi) is 2.52. The predicted octanol–water partition coefficient (Wildman–Crippen LogP) is 2.69. The molecule has 1 aromatic heterocycles. The molecule has 3 nitrogen and oxygen atoms in total. The van der Waals surface area contributed by atoms with Crippen LogP contribution in [0.25, 0.3) is 17.0 Å². The highest BCUT2D eigenvalue weighted by Crippen LogP contribution is 2.23. The average molecular weight is 214 g/mol. The molecule has 1 heterocycles. The third-order valence-corrected chi connectivity index (χ3v) is 2.41. The second-order valence-corrected chi connectivity index (χ2v) is 4.05. The number of para-hydroxylation sites is 1. The summed E-state index contributed by atoms with van der Waals surface area (Å²) < 4.78 is 0. The molecule has 3 heteroatoms. The van der Waals surface area contributed by atoms with Crippen molar-refractivity contribution in [1.29, 1.82) is 0 Å². The Hall–Kier alpha value is -2.03. The van der Waals surface area contributed by atoms with Crippen molar-refractivity contribution in [3.8, 4) is 0 Å². The van der Waals surface area contributed by atoms with Crippen LogP contribution in [0.1, 0.15) is 29.9 Å². The summed E-state index contributed by atoms with van der Waals surface area (Å²) in [6, 6.07) is 7.66. The summed E-state index contributed by atoms with van der Waals surface area (Å²) in [6.45, 7) is 3.96. The van der Waals surface area contributed by atoms with Crippen LogP contribution in [0.5, 0.6) is 0 Å². The molecule has 1 aromatic carbocycles. The first-order valence-electron chi connectivity index (χ1n) is 5.15. The summed E-state index contributed by atoms with van der Waals surface area (Å²) in [4.78, 5) is 14.7. The van der Waals surface area contributed by atoms with Crippen molar-refractivity contribution in [1.82, 2.24) is 4.98 Å². The molecule has 0 aliphatic heterocycles. The Balaban J connectivity index is 2.78. The standard InChI is InChI=1S/C13H14N2O/c1-8(2)7-11-12(13(14)16)9-5-3-4-6-10(9)15-11/h3-7,15H,1-2H3,(H2,14,16). The summed E-state index contributed by atoms with van der Waals surface area (Å²) in [5.74, 6) is -0.398. The average Bonchev–Trinajstić information content (AvgIpc) is 2.53. The van der Waals surface area contributed by atoms with Crippen LogP contribution in [0.4, 0.5) is 0 Å². The topological polar surface area (TPSA) is 58.9 Å². The highest BCUT2D eigenvalue weighted by molar-refractivity contribution is 6.09. The van der Waals surface area contributed by atoms with Gasteiger partial charge in [0.15, 0.2) is 0 Å². The third kappa shape index (κ3) is 1.72. The number of aromatic nitrogens is 1. The van der Waals surface area contributed by atoms with Crippen molar-refractivity contribution >= 4 is 22.9 Å². The van der Waals surface area contributed by atoms with Crippen LogP contribution in [0.3, 0.4) is 0 Å². The van der Waals surface area contributed by atoms with Gasteiger partial charge in [0.2, 0.25) is 0 Å². The Morgan fingerprint density at radius 2 is 2.00 bits per heavy atom. The van der Waals surface area contributed by atoms with Crippen LogP contribution < -0.4 is 5.73 Å². The minimum Gasteiger partial charge on any atom is -0.366 e. The number of carbonyl (C=O) groups excluding carboxylic acids is 1. The van der Waals surface area contributed by atoms with E-state index in [1.165, 1.54) is 0 Å². The SMILES string of the molecule is CC(C)=Cc1[nH]c2ccccc2c1C(N)=O. The quantitative estimate of drug-likeness (QED) is 0.793. The summed E-state index contributed by atoms with van der Waals surface area (Å²) >= 11 is 0. The molecule has 3 N–H and O–H groups in total. The van der Waals surface area contributed by atoms with E-state index in [9.17, 15) is 4.79 Å². The molecule has 16 heavy (non-hydrogen) atoms. The summed E-state index contributed by atoms with van der Waals surface area (Å²) in [6.07, 6.45) is 1.93. The van der Waals surface area contributed by atoms with Gasteiger partial charge in [-0.25, -0.2) is 0 Å². The van der Waals surface area contributed by atoms with Crippen molar-refractivity contribution in [3.05, 3.63) is 41.1 Å². The maximum absolute atomic E-state index is 11.5. The minimum absolute atomic E-state index is 0.398. The molecule has 0 bridgehead atoms. The van der Waals surface area contributed by atoms with Gasteiger partial charge in [-0.05, 0) is 26.0 Å². The molecule has 0 unspecified atom stereocenters. The monoisotopic (exact) mass is 214 g/mol. The summed E-state index contributed by atoms with van der Waals surface area (Å²) in [7, 11) is 0. The predicted molar refractivity (Wildman–Crippen MR) is 66.1 cm³/mol. The highest BCUT2D eigenvalue weighted by atomic mass is 16.1. The van der Waals surface area contributed by atoms with Crippen LogP contribution in [0.2, 0.25) is 0 Å². The molecule has 0 saturated heterocycles. The molecule has 0 aliphatic rings. The Morgan fingerprint density at radius 1 is 1.31 bits per heavy atom. The molecule has 82 valence electrons. The van der Waals surface area contributed by atoms with Crippen molar-refractivity contribution in [2.45, 2.75) is 13.8 Å². The van der Waals surface area contributed by atoms with Crippen molar-refractivity contribution < 1.29 is 4.79 Å². The number of amides is 1. The Morgan fingerprint density at radius 3 is 2.62 bits per heavy atom. The van der Waals surface area contributed by atoms with Crippen molar-refractivity contribution in [2.24, 2.45) is 5.73 Å². The number of aromatic amines is 1. The van der Waals surface area contributed by atoms with Gasteiger partial charge in [-0.3, -0.25) is 4.79 Å². The van der Waals surface area contributed by atoms with Crippen LogP contribution in [-0.4, -0.2) is 10.9 Å². The van der Waals surface area contributed by atoms with Gasteiger partial charge in [0.25, 0.3) is 5.91 Å². The normalized spacial score (nSPS) is 10.4. The lowest BCUT2D eigenvalue weighted by Crippen LogP contribution is -2.11. The minimum atomic E-state index is -0.398. The smallest absolute Gasteiger partial charge is 0.251 e. The molecule has 0 saturated carbocycles. The molecule has 0 fully saturated rings. The van der Waals surface area contributed by atoms with E-state index < -0.39 is 5.91 Å². The lowest BCUT2D eigenvalue weighted by Gasteiger charge is -1.96.